The topological polar surface area (TPSA) is 40.5 Å². The van der Waals surface area contributed by atoms with Gasteiger partial charge in [-0.3, -0.25) is 0 Å². The van der Waals surface area contributed by atoms with Gasteiger partial charge in [0.1, 0.15) is 11.5 Å². The molecule has 0 atom stereocenters. The van der Waals surface area contributed by atoms with E-state index in [1.54, 1.807) is 19.1 Å². The van der Waals surface area contributed by atoms with Crippen LogP contribution in [0, 0.1) is 6.92 Å². The molecule has 0 aliphatic carbocycles. The molecule has 0 saturated heterocycles. The third-order valence-electron chi connectivity index (χ3n) is 6.23. The Balaban J connectivity index is 1.80. The lowest BCUT2D eigenvalue weighted by molar-refractivity contribution is 0.441. The van der Waals surface area contributed by atoms with E-state index in [0.29, 0.717) is 5.56 Å². The zero-order valence-electron chi connectivity index (χ0n) is 19.5. The molecular weight excluding hydrogens is 356 g/mol. The van der Waals surface area contributed by atoms with Crippen LogP contribution in [-0.4, -0.2) is 10.2 Å². The van der Waals surface area contributed by atoms with E-state index in [2.05, 4.69) is 6.92 Å². The number of aryl methyl sites for hydroxylation is 1. The number of aromatic hydroxyl groups is 2. The highest BCUT2D eigenvalue weighted by Crippen LogP contribution is 2.28. The Kier molecular flexibility index (Phi) is 15.7. The molecule has 0 fully saturated rings. The zero-order chi connectivity index (χ0) is 21.2. The zero-order valence-corrected chi connectivity index (χ0v) is 19.5. The summed E-state index contributed by atoms with van der Waals surface area (Å²) in [6.07, 6.45) is 26.0. The molecule has 29 heavy (non-hydrogen) atoms. The molecule has 0 amide bonds. The molecule has 2 nitrogen and oxygen atoms in total. The Morgan fingerprint density at radius 2 is 0.828 bits per heavy atom. The highest BCUT2D eigenvalue weighted by Gasteiger charge is 2.05. The van der Waals surface area contributed by atoms with Crippen LogP contribution in [0.15, 0.2) is 12.1 Å². The fraction of sp³-hybridized carbons (Fsp3) is 0.778. The van der Waals surface area contributed by atoms with E-state index < -0.39 is 0 Å². The second-order valence-electron chi connectivity index (χ2n) is 9.02. The molecule has 1 rings (SSSR count). The van der Waals surface area contributed by atoms with E-state index in [1.165, 1.54) is 109 Å². The third kappa shape index (κ3) is 13.6. The second-order valence-corrected chi connectivity index (χ2v) is 9.02. The van der Waals surface area contributed by atoms with Crippen LogP contribution in [0.2, 0.25) is 0 Å². The highest BCUT2D eigenvalue weighted by molar-refractivity contribution is 5.45. The Bertz CT molecular complexity index is 486. The van der Waals surface area contributed by atoms with Crippen LogP contribution in [0.4, 0.5) is 0 Å². The van der Waals surface area contributed by atoms with Crippen molar-refractivity contribution >= 4 is 0 Å². The van der Waals surface area contributed by atoms with E-state index in [0.717, 1.165) is 18.4 Å². The molecule has 0 aromatic heterocycles. The summed E-state index contributed by atoms with van der Waals surface area (Å²) in [4.78, 5) is 0. The van der Waals surface area contributed by atoms with Gasteiger partial charge < -0.3 is 10.2 Å². The summed E-state index contributed by atoms with van der Waals surface area (Å²) in [5.74, 6) is 0.421. The summed E-state index contributed by atoms with van der Waals surface area (Å²) >= 11 is 0. The van der Waals surface area contributed by atoms with E-state index in [9.17, 15) is 10.2 Å². The fourth-order valence-electron chi connectivity index (χ4n) is 4.12. The van der Waals surface area contributed by atoms with Crippen molar-refractivity contribution in [2.75, 3.05) is 0 Å². The summed E-state index contributed by atoms with van der Waals surface area (Å²) in [6, 6.07) is 3.59. The predicted molar refractivity (Wildman–Crippen MR) is 127 cm³/mol. The average molecular weight is 405 g/mol. The molecule has 0 radical (unpaired) electrons. The number of unbranched alkanes of at least 4 members (excludes halogenated alkanes) is 17. The fourth-order valence-corrected chi connectivity index (χ4v) is 4.12. The van der Waals surface area contributed by atoms with Gasteiger partial charge in [0.2, 0.25) is 0 Å². The first-order valence-corrected chi connectivity index (χ1v) is 12.7. The van der Waals surface area contributed by atoms with Crippen LogP contribution in [-0.2, 0) is 6.42 Å². The Morgan fingerprint density at radius 1 is 0.517 bits per heavy atom. The lowest BCUT2D eigenvalue weighted by Gasteiger charge is -2.07. The maximum Gasteiger partial charge on any atom is 0.122 e. The standard InChI is InChI=1S/C27H48O2/c1-3-4-5-6-7-8-9-10-11-12-13-14-15-16-17-18-19-20-21-25-22-26(28)24(2)27(29)23-25/h22-23,28-29H,3-21H2,1-2H3. The maximum absolute atomic E-state index is 9.77. The maximum atomic E-state index is 9.77. The predicted octanol–water partition coefficient (Wildman–Crippen LogP) is 8.99. The van der Waals surface area contributed by atoms with Gasteiger partial charge in [-0.1, -0.05) is 116 Å². The molecule has 0 saturated carbocycles. The first-order chi connectivity index (χ1) is 14.1. The van der Waals surface area contributed by atoms with Crippen molar-refractivity contribution in [3.05, 3.63) is 23.3 Å². The summed E-state index contributed by atoms with van der Waals surface area (Å²) < 4.78 is 0. The summed E-state index contributed by atoms with van der Waals surface area (Å²) in [6.45, 7) is 4.03. The SMILES string of the molecule is CCCCCCCCCCCCCCCCCCCCc1cc(O)c(C)c(O)c1. The molecule has 0 spiro atoms. The molecule has 1 aromatic rings. The van der Waals surface area contributed by atoms with Gasteiger partial charge in [0.05, 0.1) is 0 Å². The third-order valence-corrected chi connectivity index (χ3v) is 6.23. The minimum atomic E-state index is 0.211. The molecule has 2 N–H and O–H groups in total. The van der Waals surface area contributed by atoms with Crippen LogP contribution in [0.25, 0.3) is 0 Å². The number of rotatable bonds is 19. The van der Waals surface area contributed by atoms with Crippen molar-refractivity contribution < 1.29 is 10.2 Å². The molecule has 0 aliphatic rings. The number of benzene rings is 1. The Hall–Kier alpha value is -1.18. The lowest BCUT2D eigenvalue weighted by Crippen LogP contribution is -1.88. The van der Waals surface area contributed by atoms with Crippen LogP contribution >= 0.6 is 0 Å². The quantitative estimate of drug-likeness (QED) is 0.226. The minimum Gasteiger partial charge on any atom is -0.508 e. The molecule has 0 unspecified atom stereocenters. The van der Waals surface area contributed by atoms with Crippen molar-refractivity contribution in [1.29, 1.82) is 0 Å². The minimum absolute atomic E-state index is 0.211. The van der Waals surface area contributed by atoms with Crippen LogP contribution in [0.1, 0.15) is 134 Å². The van der Waals surface area contributed by atoms with E-state index in [1.807, 2.05) is 0 Å². The Morgan fingerprint density at radius 3 is 1.17 bits per heavy atom. The van der Waals surface area contributed by atoms with Crippen molar-refractivity contribution in [2.45, 2.75) is 136 Å². The van der Waals surface area contributed by atoms with Crippen LogP contribution in [0.5, 0.6) is 11.5 Å². The first-order valence-electron chi connectivity index (χ1n) is 12.7. The van der Waals surface area contributed by atoms with Crippen molar-refractivity contribution in [1.82, 2.24) is 0 Å². The molecular formula is C27H48O2. The smallest absolute Gasteiger partial charge is 0.122 e. The molecule has 0 aliphatic heterocycles. The monoisotopic (exact) mass is 404 g/mol. The molecule has 2 heteroatoms. The van der Waals surface area contributed by atoms with E-state index >= 15 is 0 Å². The number of hydrogen-bond donors (Lipinski definition) is 2. The molecule has 0 heterocycles. The van der Waals surface area contributed by atoms with Gasteiger partial charge in [0, 0.05) is 5.56 Å². The van der Waals surface area contributed by atoms with Gasteiger partial charge in [-0.2, -0.15) is 0 Å². The summed E-state index contributed by atoms with van der Waals surface area (Å²) in [7, 11) is 0. The van der Waals surface area contributed by atoms with Crippen molar-refractivity contribution in [3.63, 3.8) is 0 Å². The Labute approximate surface area is 181 Å². The molecule has 168 valence electrons. The van der Waals surface area contributed by atoms with Gasteiger partial charge >= 0.3 is 0 Å². The van der Waals surface area contributed by atoms with Gasteiger partial charge in [-0.05, 0) is 37.5 Å². The number of phenolic OH excluding ortho intramolecular Hbond substituents is 2. The summed E-state index contributed by atoms with van der Waals surface area (Å²) in [5.41, 5.74) is 1.62. The lowest BCUT2D eigenvalue weighted by atomic mass is 10.0. The van der Waals surface area contributed by atoms with Crippen LogP contribution in [0.3, 0.4) is 0 Å². The van der Waals surface area contributed by atoms with Crippen molar-refractivity contribution in [3.8, 4) is 11.5 Å². The molecule has 0 bridgehead atoms. The number of hydrogen-bond acceptors (Lipinski definition) is 2. The van der Waals surface area contributed by atoms with Crippen LogP contribution < -0.4 is 0 Å². The number of phenols is 2. The van der Waals surface area contributed by atoms with Crippen molar-refractivity contribution in [2.24, 2.45) is 0 Å². The normalized spacial score (nSPS) is 11.2. The summed E-state index contributed by atoms with van der Waals surface area (Å²) in [5, 5.41) is 19.5. The largest absolute Gasteiger partial charge is 0.508 e. The van der Waals surface area contributed by atoms with Gasteiger partial charge in [0.15, 0.2) is 0 Å². The second kappa shape index (κ2) is 17.7. The van der Waals surface area contributed by atoms with Gasteiger partial charge in [-0.15, -0.1) is 0 Å². The van der Waals surface area contributed by atoms with E-state index in [-0.39, 0.29) is 11.5 Å². The average Bonchev–Trinajstić information content (AvgIpc) is 2.71. The molecule has 1 aromatic carbocycles. The highest BCUT2D eigenvalue weighted by atomic mass is 16.3. The van der Waals surface area contributed by atoms with Gasteiger partial charge in [-0.25, -0.2) is 0 Å². The van der Waals surface area contributed by atoms with Gasteiger partial charge in [0.25, 0.3) is 0 Å². The first kappa shape index (κ1) is 25.9. The van der Waals surface area contributed by atoms with E-state index in [4.69, 9.17) is 0 Å².